The molecule has 0 aliphatic heterocycles. The van der Waals surface area contributed by atoms with Crippen molar-refractivity contribution < 1.29 is 33.7 Å². The highest BCUT2D eigenvalue weighted by Gasteiger charge is 2.16. The number of ether oxygens (including phenoxy) is 3. The molecule has 0 aromatic heterocycles. The van der Waals surface area contributed by atoms with E-state index in [-0.39, 0.29) is 50.6 Å². The van der Waals surface area contributed by atoms with Gasteiger partial charge in [-0.15, -0.1) is 0 Å². The van der Waals surface area contributed by atoms with Crippen molar-refractivity contribution in [3.05, 3.63) is 0 Å². The number of hydrogen-bond acceptors (Lipinski definition) is 10. The summed E-state index contributed by atoms with van der Waals surface area (Å²) < 4.78 is 16.3. The van der Waals surface area contributed by atoms with E-state index in [9.17, 15) is 19.5 Å². The maximum absolute atomic E-state index is 12.7. The molecule has 0 saturated carbocycles. The van der Waals surface area contributed by atoms with Crippen LogP contribution in [0.25, 0.3) is 0 Å². The molecule has 0 fully saturated rings. The van der Waals surface area contributed by atoms with Gasteiger partial charge in [0.25, 0.3) is 0 Å². The van der Waals surface area contributed by atoms with Crippen LogP contribution in [0.4, 0.5) is 0 Å². The van der Waals surface area contributed by atoms with Gasteiger partial charge in [0.15, 0.2) is 0 Å². The van der Waals surface area contributed by atoms with E-state index in [1.54, 1.807) is 10.8 Å². The van der Waals surface area contributed by atoms with Gasteiger partial charge in [0.05, 0.1) is 12.8 Å². The van der Waals surface area contributed by atoms with Gasteiger partial charge in [0.2, 0.25) is 0 Å². The first kappa shape index (κ1) is 52.0. The zero-order chi connectivity index (χ0) is 38.9. The fraction of sp³-hybridized carbons (Fsp3) is 0.930. The molecule has 0 aliphatic carbocycles. The molecule has 0 heterocycles. The van der Waals surface area contributed by atoms with Gasteiger partial charge in [-0.05, 0) is 44.6 Å². The summed E-state index contributed by atoms with van der Waals surface area (Å²) in [5.74, 6) is 1.53. The first-order chi connectivity index (χ1) is 26.0. The lowest BCUT2D eigenvalue weighted by atomic mass is 9.91. The molecular weight excluding hydrogens is 707 g/mol. The average Bonchev–Trinajstić information content (AvgIpc) is 3.15. The van der Waals surface area contributed by atoms with Crippen LogP contribution in [0.5, 0.6) is 0 Å². The van der Waals surface area contributed by atoms with Crippen LogP contribution >= 0.6 is 21.6 Å². The van der Waals surface area contributed by atoms with Crippen LogP contribution < -0.4 is 0 Å². The first-order valence-corrected chi connectivity index (χ1v) is 24.5. The van der Waals surface area contributed by atoms with Crippen LogP contribution in [-0.2, 0) is 28.6 Å². The fourth-order valence-electron chi connectivity index (χ4n) is 6.41. The van der Waals surface area contributed by atoms with E-state index in [0.29, 0.717) is 45.0 Å². The Balaban J connectivity index is 4.27. The fourth-order valence-corrected chi connectivity index (χ4v) is 8.38. The minimum absolute atomic E-state index is 0.0519. The number of aliphatic hydroxyl groups excluding tert-OH is 1. The Labute approximate surface area is 334 Å². The second-order valence-electron chi connectivity index (χ2n) is 14.7. The summed E-state index contributed by atoms with van der Waals surface area (Å²) in [4.78, 5) is 39.6. The number of unbranched alkanes of at least 4 members (excludes halogenated alkanes) is 18. The van der Waals surface area contributed by atoms with Gasteiger partial charge >= 0.3 is 17.9 Å². The Morgan fingerprint density at radius 2 is 0.925 bits per heavy atom. The lowest BCUT2D eigenvalue weighted by molar-refractivity contribution is -0.153. The van der Waals surface area contributed by atoms with Gasteiger partial charge in [-0.1, -0.05) is 164 Å². The molecule has 0 aromatic carbocycles. The second-order valence-corrected chi connectivity index (χ2v) is 17.4. The SMILES string of the molecule is CCCCCCCCCCSSCCOC(=O)CCN(CCCCO)CCC(=O)OCCOC(=O)CC(CCCCCCCC)CCCCCCCC. The lowest BCUT2D eigenvalue weighted by Gasteiger charge is -2.21. The molecule has 8 nitrogen and oxygen atoms in total. The van der Waals surface area contributed by atoms with Crippen molar-refractivity contribution in [3.63, 3.8) is 0 Å². The topological polar surface area (TPSA) is 102 Å². The highest BCUT2D eigenvalue weighted by atomic mass is 33.1. The Morgan fingerprint density at radius 1 is 0.491 bits per heavy atom. The van der Waals surface area contributed by atoms with Crippen molar-refractivity contribution in [1.82, 2.24) is 4.90 Å². The summed E-state index contributed by atoms with van der Waals surface area (Å²) in [7, 11) is 3.63. The third-order valence-corrected chi connectivity index (χ3v) is 12.2. The molecule has 0 atom stereocenters. The van der Waals surface area contributed by atoms with E-state index in [1.165, 1.54) is 128 Å². The molecule has 314 valence electrons. The molecule has 0 unspecified atom stereocenters. The van der Waals surface area contributed by atoms with Crippen molar-refractivity contribution in [1.29, 1.82) is 0 Å². The third kappa shape index (κ3) is 39.1. The minimum Gasteiger partial charge on any atom is -0.465 e. The summed E-state index contributed by atoms with van der Waals surface area (Å²) in [5.41, 5.74) is 0. The van der Waals surface area contributed by atoms with Crippen LogP contribution in [0.15, 0.2) is 0 Å². The molecule has 1 N–H and O–H groups in total. The zero-order valence-electron chi connectivity index (χ0n) is 34.7. The van der Waals surface area contributed by atoms with Crippen LogP contribution in [0.3, 0.4) is 0 Å². The van der Waals surface area contributed by atoms with Crippen LogP contribution in [-0.4, -0.2) is 85.5 Å². The summed E-state index contributed by atoms with van der Waals surface area (Å²) in [6, 6.07) is 0. The van der Waals surface area contributed by atoms with Crippen molar-refractivity contribution in [2.75, 3.05) is 57.6 Å². The minimum atomic E-state index is -0.346. The monoisotopic (exact) mass is 790 g/mol. The Kier molecular flexibility index (Phi) is 41.4. The maximum atomic E-state index is 12.7. The molecule has 0 aromatic rings. The van der Waals surface area contributed by atoms with Crippen molar-refractivity contribution in [3.8, 4) is 0 Å². The first-order valence-electron chi connectivity index (χ1n) is 22.0. The van der Waals surface area contributed by atoms with Gasteiger partial charge in [0, 0.05) is 37.6 Å². The molecule has 53 heavy (non-hydrogen) atoms. The number of rotatable bonds is 42. The summed E-state index contributed by atoms with van der Waals surface area (Å²) >= 11 is 0. The summed E-state index contributed by atoms with van der Waals surface area (Å²) in [6.45, 7) is 9.02. The molecule has 0 aliphatic rings. The van der Waals surface area contributed by atoms with Crippen molar-refractivity contribution >= 4 is 39.5 Å². The number of carbonyl (C=O) groups excluding carboxylic acids is 3. The predicted molar refractivity (Wildman–Crippen MR) is 226 cm³/mol. The third-order valence-electron chi connectivity index (χ3n) is 9.74. The number of carbonyl (C=O) groups is 3. The van der Waals surface area contributed by atoms with E-state index in [0.717, 1.165) is 30.8 Å². The number of esters is 3. The van der Waals surface area contributed by atoms with Crippen LogP contribution in [0.1, 0.15) is 194 Å². The van der Waals surface area contributed by atoms with Gasteiger partial charge in [-0.3, -0.25) is 14.4 Å². The Hall–Kier alpha value is -0.970. The highest BCUT2D eigenvalue weighted by Crippen LogP contribution is 2.24. The van der Waals surface area contributed by atoms with E-state index in [2.05, 4.69) is 25.7 Å². The Morgan fingerprint density at radius 3 is 1.43 bits per heavy atom. The van der Waals surface area contributed by atoms with Crippen LogP contribution in [0, 0.1) is 5.92 Å². The molecule has 0 spiro atoms. The van der Waals surface area contributed by atoms with E-state index in [1.807, 2.05) is 10.8 Å². The Bertz CT molecular complexity index is 804. The van der Waals surface area contributed by atoms with E-state index < -0.39 is 0 Å². The van der Waals surface area contributed by atoms with Crippen molar-refractivity contribution in [2.24, 2.45) is 5.92 Å². The summed E-state index contributed by atoms with van der Waals surface area (Å²) in [5, 5.41) is 9.21. The van der Waals surface area contributed by atoms with E-state index >= 15 is 0 Å². The van der Waals surface area contributed by atoms with Gasteiger partial charge in [0.1, 0.15) is 19.8 Å². The van der Waals surface area contributed by atoms with Gasteiger partial charge < -0.3 is 24.2 Å². The van der Waals surface area contributed by atoms with Gasteiger partial charge in [-0.25, -0.2) is 0 Å². The van der Waals surface area contributed by atoms with E-state index in [4.69, 9.17) is 14.2 Å². The largest absolute Gasteiger partial charge is 0.465 e. The standard InChI is InChI=1S/C43H83NO7S2/c1-4-7-10-13-16-17-20-25-37-52-53-38-36-51-42(47)29-32-44(30-23-24-33-45)31-28-41(46)49-34-35-50-43(48)39-40(26-21-18-14-11-8-5-2)27-22-19-15-12-9-6-3/h40,45H,4-39H2,1-3H3. The predicted octanol–water partition coefficient (Wildman–Crippen LogP) is 11.5. The normalized spacial score (nSPS) is 11.4. The molecule has 0 saturated heterocycles. The van der Waals surface area contributed by atoms with Crippen molar-refractivity contribution in [2.45, 2.75) is 194 Å². The number of aliphatic hydroxyl groups is 1. The molecule has 0 amide bonds. The second kappa shape index (κ2) is 42.2. The number of hydrogen-bond donors (Lipinski definition) is 1. The van der Waals surface area contributed by atoms with Crippen LogP contribution in [0.2, 0.25) is 0 Å². The smallest absolute Gasteiger partial charge is 0.307 e. The molecular formula is C43H83NO7S2. The molecule has 0 rings (SSSR count). The average molecular weight is 790 g/mol. The molecule has 0 bridgehead atoms. The summed E-state index contributed by atoms with van der Waals surface area (Å²) in [6.07, 6.45) is 30.2. The maximum Gasteiger partial charge on any atom is 0.307 e. The zero-order valence-corrected chi connectivity index (χ0v) is 36.3. The molecule has 10 heteroatoms. The molecule has 0 radical (unpaired) electrons. The lowest BCUT2D eigenvalue weighted by Crippen LogP contribution is -2.31. The van der Waals surface area contributed by atoms with Gasteiger partial charge in [-0.2, -0.15) is 0 Å². The quantitative estimate of drug-likeness (QED) is 0.0278. The highest BCUT2D eigenvalue weighted by molar-refractivity contribution is 8.76. The number of nitrogens with zero attached hydrogens (tertiary/aromatic N) is 1.